The average molecular weight is 482 g/mol. The van der Waals surface area contributed by atoms with Gasteiger partial charge in [-0.1, -0.05) is 19.9 Å². The number of aromatic nitrogens is 4. The highest BCUT2D eigenvalue weighted by atomic mass is 19.3. The minimum Gasteiger partial charge on any atom is -0.481 e. The van der Waals surface area contributed by atoms with Crippen molar-refractivity contribution >= 4 is 17.6 Å². The fourth-order valence-corrected chi connectivity index (χ4v) is 4.90. The first-order chi connectivity index (χ1) is 16.7. The topological polar surface area (TPSA) is 101 Å². The van der Waals surface area contributed by atoms with Gasteiger partial charge in [0.25, 0.3) is 6.43 Å². The van der Waals surface area contributed by atoms with Crippen molar-refractivity contribution in [2.75, 3.05) is 5.32 Å². The monoisotopic (exact) mass is 481 g/mol. The number of benzene rings is 1. The summed E-state index contributed by atoms with van der Waals surface area (Å²) in [6.45, 7) is 6.06. The van der Waals surface area contributed by atoms with Crippen LogP contribution in [-0.4, -0.2) is 31.0 Å². The van der Waals surface area contributed by atoms with Crippen LogP contribution in [0.5, 0.6) is 0 Å². The van der Waals surface area contributed by atoms with E-state index in [1.165, 1.54) is 12.3 Å². The second-order valence-electron chi connectivity index (χ2n) is 9.43. The highest BCUT2D eigenvalue weighted by Crippen LogP contribution is 2.40. The molecule has 1 aliphatic rings. The summed E-state index contributed by atoms with van der Waals surface area (Å²) in [5.74, 6) is 0.505. The highest BCUT2D eigenvalue weighted by Gasteiger charge is 2.35. The van der Waals surface area contributed by atoms with Crippen molar-refractivity contribution in [1.29, 1.82) is 0 Å². The van der Waals surface area contributed by atoms with E-state index in [1.807, 2.05) is 32.0 Å². The molecule has 2 aromatic heterocycles. The van der Waals surface area contributed by atoms with Gasteiger partial charge in [-0.15, -0.1) is 0 Å². The Morgan fingerprint density at radius 2 is 1.86 bits per heavy atom. The quantitative estimate of drug-likeness (QED) is 0.416. The predicted octanol–water partition coefficient (Wildman–Crippen LogP) is 6.16. The van der Waals surface area contributed by atoms with E-state index >= 15 is 0 Å². The lowest BCUT2D eigenvalue weighted by atomic mass is 9.71. The lowest BCUT2D eigenvalue weighted by Crippen LogP contribution is -2.31. The summed E-state index contributed by atoms with van der Waals surface area (Å²) in [6, 6.07) is 6.95. The Labute approximate surface area is 203 Å². The Hall–Kier alpha value is -3.49. The zero-order valence-corrected chi connectivity index (χ0v) is 19.9. The van der Waals surface area contributed by atoms with E-state index in [2.05, 4.69) is 32.2 Å². The van der Waals surface area contributed by atoms with Crippen molar-refractivity contribution in [2.24, 2.45) is 17.8 Å². The van der Waals surface area contributed by atoms with Crippen molar-refractivity contribution in [3.63, 3.8) is 0 Å². The number of aliphatic carboxylic acids is 1. The standard InChI is InChI=1S/C26H29F2N5O2/c1-14-8-18(11-20(9-14)32-26-29-7-6-22(33-26)23(27)28)19-12-30-24(31-13-19)16(3)17-4-5-21(25(34)35)15(2)10-17/h6-9,11-13,15-17,21,23H,4-5,10H2,1-3H3,(H,34,35)(H,29,32,33)/t15-,16+,17+,21+/m0/s1. The molecule has 4 rings (SSSR count). The third kappa shape index (κ3) is 5.78. The van der Waals surface area contributed by atoms with Crippen LogP contribution in [-0.2, 0) is 4.79 Å². The van der Waals surface area contributed by atoms with Gasteiger partial charge in [0.15, 0.2) is 0 Å². The van der Waals surface area contributed by atoms with Crippen LogP contribution in [0.15, 0.2) is 42.9 Å². The molecule has 0 saturated heterocycles. The highest BCUT2D eigenvalue weighted by molar-refractivity contribution is 5.71. The number of hydrogen-bond acceptors (Lipinski definition) is 6. The number of nitrogens with zero attached hydrogens (tertiary/aromatic N) is 4. The molecular weight excluding hydrogens is 452 g/mol. The third-order valence-electron chi connectivity index (χ3n) is 6.88. The number of nitrogens with one attached hydrogen (secondary N) is 1. The Morgan fingerprint density at radius 3 is 2.51 bits per heavy atom. The van der Waals surface area contributed by atoms with E-state index in [0.29, 0.717) is 18.0 Å². The fraction of sp³-hybridized carbons (Fsp3) is 0.423. The van der Waals surface area contributed by atoms with E-state index in [4.69, 9.17) is 0 Å². The molecule has 3 aromatic rings. The average Bonchev–Trinajstić information content (AvgIpc) is 2.83. The lowest BCUT2D eigenvalue weighted by Gasteiger charge is -2.34. The minimum absolute atomic E-state index is 0.103. The van der Waals surface area contributed by atoms with Gasteiger partial charge in [0.2, 0.25) is 5.95 Å². The van der Waals surface area contributed by atoms with Gasteiger partial charge in [-0.25, -0.2) is 28.7 Å². The lowest BCUT2D eigenvalue weighted by molar-refractivity contribution is -0.145. The van der Waals surface area contributed by atoms with E-state index in [0.717, 1.165) is 35.4 Å². The number of rotatable bonds is 7. The minimum atomic E-state index is -2.67. The summed E-state index contributed by atoms with van der Waals surface area (Å²) < 4.78 is 25.9. The maximum Gasteiger partial charge on any atom is 0.306 e. The van der Waals surface area contributed by atoms with Crippen LogP contribution >= 0.6 is 0 Å². The molecule has 1 fully saturated rings. The number of alkyl halides is 2. The summed E-state index contributed by atoms with van der Waals surface area (Å²) in [6.07, 6.45) is 4.61. The first kappa shape index (κ1) is 24.6. The van der Waals surface area contributed by atoms with Crippen molar-refractivity contribution in [2.45, 2.75) is 52.4 Å². The molecule has 7 nitrogen and oxygen atoms in total. The van der Waals surface area contributed by atoms with Gasteiger partial charge in [-0.05, 0) is 67.3 Å². The first-order valence-electron chi connectivity index (χ1n) is 11.8. The second-order valence-corrected chi connectivity index (χ2v) is 9.43. The van der Waals surface area contributed by atoms with Crippen molar-refractivity contribution in [3.05, 3.63) is 59.9 Å². The Bertz CT molecular complexity index is 1190. The Kier molecular flexibility index (Phi) is 7.33. The Balaban J connectivity index is 1.49. The van der Waals surface area contributed by atoms with Crippen molar-refractivity contribution in [1.82, 2.24) is 19.9 Å². The normalized spacial score (nSPS) is 21.0. The summed E-state index contributed by atoms with van der Waals surface area (Å²) >= 11 is 0. The first-order valence-corrected chi connectivity index (χ1v) is 11.8. The van der Waals surface area contributed by atoms with Crippen molar-refractivity contribution in [3.8, 4) is 11.1 Å². The maximum absolute atomic E-state index is 13.0. The molecule has 0 amide bonds. The molecule has 0 aliphatic heterocycles. The van der Waals surface area contributed by atoms with E-state index in [1.54, 1.807) is 12.4 Å². The molecule has 2 N–H and O–H groups in total. The molecule has 1 saturated carbocycles. The van der Waals surface area contributed by atoms with Gasteiger partial charge in [-0.3, -0.25) is 4.79 Å². The summed E-state index contributed by atoms with van der Waals surface area (Å²) in [5.41, 5.74) is 3.02. The smallest absolute Gasteiger partial charge is 0.306 e. The predicted molar refractivity (Wildman–Crippen MR) is 129 cm³/mol. The van der Waals surface area contributed by atoms with E-state index < -0.39 is 12.4 Å². The number of carboxylic acid groups (broad SMARTS) is 1. The number of hydrogen-bond donors (Lipinski definition) is 2. The van der Waals surface area contributed by atoms with Gasteiger partial charge in [0, 0.05) is 35.8 Å². The van der Waals surface area contributed by atoms with Crippen LogP contribution in [0.3, 0.4) is 0 Å². The number of carbonyl (C=O) groups is 1. The molecule has 0 unspecified atom stereocenters. The van der Waals surface area contributed by atoms with Crippen LogP contribution in [0.1, 0.15) is 62.5 Å². The molecule has 0 bridgehead atoms. The second kappa shape index (κ2) is 10.4. The number of halogens is 2. The number of anilines is 2. The summed E-state index contributed by atoms with van der Waals surface area (Å²) in [4.78, 5) is 28.6. The molecule has 4 atom stereocenters. The summed E-state index contributed by atoms with van der Waals surface area (Å²) in [5, 5.41) is 12.4. The van der Waals surface area contributed by atoms with Gasteiger partial charge in [0.05, 0.1) is 5.92 Å². The van der Waals surface area contributed by atoms with Gasteiger partial charge in [-0.2, -0.15) is 0 Å². The molecule has 2 heterocycles. The van der Waals surface area contributed by atoms with Crippen LogP contribution in [0.25, 0.3) is 11.1 Å². The molecule has 0 spiro atoms. The molecular formula is C26H29F2N5O2. The van der Waals surface area contributed by atoms with Crippen LogP contribution in [0.2, 0.25) is 0 Å². The number of aryl methyl sites for hydroxylation is 1. The molecule has 35 heavy (non-hydrogen) atoms. The molecule has 1 aromatic carbocycles. The zero-order valence-electron chi connectivity index (χ0n) is 19.9. The van der Waals surface area contributed by atoms with Gasteiger partial charge < -0.3 is 10.4 Å². The largest absolute Gasteiger partial charge is 0.481 e. The van der Waals surface area contributed by atoms with Gasteiger partial charge >= 0.3 is 5.97 Å². The van der Waals surface area contributed by atoms with Gasteiger partial charge in [0.1, 0.15) is 11.5 Å². The maximum atomic E-state index is 13.0. The fourth-order valence-electron chi connectivity index (χ4n) is 4.90. The molecule has 1 aliphatic carbocycles. The van der Waals surface area contributed by atoms with Crippen LogP contribution in [0, 0.1) is 24.7 Å². The summed E-state index contributed by atoms with van der Waals surface area (Å²) in [7, 11) is 0. The van der Waals surface area contributed by atoms with Crippen LogP contribution < -0.4 is 5.32 Å². The van der Waals surface area contributed by atoms with E-state index in [-0.39, 0.29) is 29.4 Å². The Morgan fingerprint density at radius 1 is 1.11 bits per heavy atom. The SMILES string of the molecule is Cc1cc(Nc2nccc(C(F)F)n2)cc(-c2cnc([C@H](C)[C@@H]3CC[C@@H](C(=O)O)[C@@H](C)C3)nc2)c1. The zero-order chi connectivity index (χ0) is 25.1. The third-order valence-corrected chi connectivity index (χ3v) is 6.88. The number of carboxylic acids is 1. The molecule has 0 radical (unpaired) electrons. The van der Waals surface area contributed by atoms with Crippen molar-refractivity contribution < 1.29 is 18.7 Å². The van der Waals surface area contributed by atoms with E-state index in [9.17, 15) is 18.7 Å². The molecule has 9 heteroatoms. The van der Waals surface area contributed by atoms with Crippen LogP contribution in [0.4, 0.5) is 20.4 Å². The molecule has 184 valence electrons.